The van der Waals surface area contributed by atoms with Crippen molar-refractivity contribution in [1.82, 2.24) is 4.98 Å². The maximum absolute atomic E-state index is 13.6. The number of nitrogens with zero attached hydrogens (tertiary/aromatic N) is 1. The molecule has 3 fully saturated rings. The van der Waals surface area contributed by atoms with Crippen molar-refractivity contribution in [3.05, 3.63) is 82.0 Å². The molecule has 2 aromatic heterocycles. The quantitative estimate of drug-likeness (QED) is 0.288. The molecule has 4 aliphatic rings. The minimum absolute atomic E-state index is 0.0734. The summed E-state index contributed by atoms with van der Waals surface area (Å²) in [5.41, 5.74) is 0.112. The summed E-state index contributed by atoms with van der Waals surface area (Å²) >= 11 is 0. The molecule has 9 nitrogen and oxygen atoms in total. The zero-order chi connectivity index (χ0) is 33.1. The van der Waals surface area contributed by atoms with Gasteiger partial charge in [-0.05, 0) is 63.0 Å². The van der Waals surface area contributed by atoms with Crippen LogP contribution in [0, 0.1) is 29.6 Å². The number of aliphatic hydroxyl groups excluding tert-OH is 1. The molecule has 0 spiro atoms. The van der Waals surface area contributed by atoms with Crippen LogP contribution in [0.2, 0.25) is 0 Å². The summed E-state index contributed by atoms with van der Waals surface area (Å²) in [5.74, 6) is -0.407. The first kappa shape index (κ1) is 32.0. The average Bonchev–Trinajstić information content (AvgIpc) is 3.04. The molecule has 3 aromatic rings. The maximum atomic E-state index is 13.6. The molecular formula is C38H45NO8. The van der Waals surface area contributed by atoms with Gasteiger partial charge in [0.2, 0.25) is 0 Å². The van der Waals surface area contributed by atoms with Crippen molar-refractivity contribution in [3.63, 3.8) is 0 Å². The van der Waals surface area contributed by atoms with Crippen LogP contribution in [-0.4, -0.2) is 40.5 Å². The summed E-state index contributed by atoms with van der Waals surface area (Å²) in [6, 6.07) is 13.4. The average molecular weight is 644 g/mol. The van der Waals surface area contributed by atoms with Crippen LogP contribution in [0.3, 0.4) is 0 Å². The summed E-state index contributed by atoms with van der Waals surface area (Å²) < 4.78 is 32.1. The summed E-state index contributed by atoms with van der Waals surface area (Å²) in [6.45, 7) is 10.9. The number of aromatic nitrogens is 1. The van der Waals surface area contributed by atoms with E-state index in [4.69, 9.17) is 23.4 Å². The highest BCUT2D eigenvalue weighted by atomic mass is 16.7. The molecule has 0 radical (unpaired) electrons. The minimum Gasteiger partial charge on any atom is -0.482 e. The lowest BCUT2D eigenvalue weighted by molar-refractivity contribution is -0.331. The highest BCUT2D eigenvalue weighted by Gasteiger charge is 2.71. The van der Waals surface area contributed by atoms with Crippen molar-refractivity contribution < 1.29 is 33.3 Å². The third kappa shape index (κ3) is 5.22. The molecule has 2 saturated carbocycles. The van der Waals surface area contributed by atoms with Crippen molar-refractivity contribution in [2.45, 2.75) is 103 Å². The van der Waals surface area contributed by atoms with Crippen molar-refractivity contribution in [3.8, 4) is 17.1 Å². The van der Waals surface area contributed by atoms with Gasteiger partial charge in [0.25, 0.3) is 0 Å². The Balaban J connectivity index is 1.29. The van der Waals surface area contributed by atoms with Crippen molar-refractivity contribution in [2.24, 2.45) is 22.7 Å². The Labute approximate surface area is 275 Å². The van der Waals surface area contributed by atoms with Crippen LogP contribution in [0.4, 0.5) is 0 Å². The number of ether oxygens (including phenoxy) is 4. The van der Waals surface area contributed by atoms with Gasteiger partial charge in [-0.1, -0.05) is 57.0 Å². The number of esters is 1. The van der Waals surface area contributed by atoms with Crippen molar-refractivity contribution in [1.29, 1.82) is 0 Å². The number of fused-ring (bicyclic) bond motifs is 6. The Hall–Kier alpha value is -3.53. The van der Waals surface area contributed by atoms with Gasteiger partial charge in [-0.3, -0.25) is 9.78 Å². The molecule has 0 bridgehead atoms. The third-order valence-corrected chi connectivity index (χ3v) is 11.7. The monoisotopic (exact) mass is 643 g/mol. The fourth-order valence-electron chi connectivity index (χ4n) is 9.38. The Morgan fingerprint density at radius 3 is 2.70 bits per heavy atom. The number of benzene rings is 1. The van der Waals surface area contributed by atoms with Gasteiger partial charge in [0.15, 0.2) is 6.29 Å². The molecule has 0 unspecified atom stereocenters. The molecule has 7 rings (SSSR count). The zero-order valence-electron chi connectivity index (χ0n) is 27.9. The first-order chi connectivity index (χ1) is 22.5. The van der Waals surface area contributed by atoms with Crippen LogP contribution in [0.1, 0.15) is 95.3 Å². The number of aliphatic hydroxyl groups is 1. The van der Waals surface area contributed by atoms with Crippen molar-refractivity contribution >= 4 is 5.97 Å². The molecule has 1 aromatic carbocycles. The lowest BCUT2D eigenvalue weighted by atomic mass is 9.42. The van der Waals surface area contributed by atoms with Gasteiger partial charge in [-0.15, -0.1) is 0 Å². The molecule has 9 heteroatoms. The van der Waals surface area contributed by atoms with Crippen LogP contribution >= 0.6 is 0 Å². The maximum Gasteiger partial charge on any atom is 0.345 e. The number of carbonyl (C=O) groups excluding carboxylic acids is 1. The Bertz CT molecular complexity index is 1710. The number of unbranched alkanes of at least 4 members (excludes halogenated alkanes) is 1. The summed E-state index contributed by atoms with van der Waals surface area (Å²) in [7, 11) is 0. The number of carbonyl (C=O) groups is 1. The molecule has 47 heavy (non-hydrogen) atoms. The largest absolute Gasteiger partial charge is 0.482 e. The Morgan fingerprint density at radius 1 is 1.13 bits per heavy atom. The van der Waals surface area contributed by atoms with E-state index in [-0.39, 0.29) is 29.3 Å². The van der Waals surface area contributed by atoms with Gasteiger partial charge in [-0.2, -0.15) is 0 Å². The summed E-state index contributed by atoms with van der Waals surface area (Å²) in [6.07, 6.45) is 4.64. The predicted molar refractivity (Wildman–Crippen MR) is 173 cm³/mol. The van der Waals surface area contributed by atoms with Gasteiger partial charge in [0, 0.05) is 47.3 Å². The lowest BCUT2D eigenvalue weighted by Gasteiger charge is -2.67. The van der Waals surface area contributed by atoms with E-state index in [2.05, 4.69) is 37.9 Å². The van der Waals surface area contributed by atoms with Gasteiger partial charge in [0.05, 0.1) is 18.8 Å². The second kappa shape index (κ2) is 11.9. The predicted octanol–water partition coefficient (Wildman–Crippen LogP) is 6.85. The fourth-order valence-corrected chi connectivity index (χ4v) is 9.38. The van der Waals surface area contributed by atoms with Crippen LogP contribution in [0.15, 0.2) is 64.1 Å². The minimum atomic E-state index is -1.21. The van der Waals surface area contributed by atoms with E-state index < -0.39 is 46.5 Å². The molecule has 250 valence electrons. The van der Waals surface area contributed by atoms with Gasteiger partial charge >= 0.3 is 11.6 Å². The molecule has 4 heterocycles. The first-order valence-electron chi connectivity index (χ1n) is 17.0. The third-order valence-electron chi connectivity index (χ3n) is 11.7. The number of aryl methyl sites for hydroxylation is 1. The highest BCUT2D eigenvalue weighted by Crippen LogP contribution is 2.68. The number of hydrogen-bond acceptors (Lipinski definition) is 9. The number of hydrogen-bond donors (Lipinski definition) is 1. The first-order valence-corrected chi connectivity index (χ1v) is 17.0. The summed E-state index contributed by atoms with van der Waals surface area (Å²) in [5, 5.41) is 12.3. The molecule has 9 atom stereocenters. The molecule has 1 saturated heterocycles. The van der Waals surface area contributed by atoms with Crippen molar-refractivity contribution in [2.75, 3.05) is 6.61 Å². The van der Waals surface area contributed by atoms with E-state index in [0.717, 1.165) is 36.8 Å². The second-order valence-electron chi connectivity index (χ2n) is 14.7. The number of rotatable bonds is 6. The lowest BCUT2D eigenvalue weighted by Crippen LogP contribution is -2.71. The van der Waals surface area contributed by atoms with Crippen LogP contribution < -0.4 is 10.4 Å². The smallest absolute Gasteiger partial charge is 0.345 e. The van der Waals surface area contributed by atoms with Crippen LogP contribution in [0.5, 0.6) is 5.75 Å². The normalized spacial score (nSPS) is 35.8. The Kier molecular flexibility index (Phi) is 8.09. The second-order valence-corrected chi connectivity index (χ2v) is 14.7. The van der Waals surface area contributed by atoms with E-state index in [9.17, 15) is 14.7 Å². The summed E-state index contributed by atoms with van der Waals surface area (Å²) in [4.78, 5) is 31.1. The number of pyridine rings is 1. The standard InChI is InChI=1S/C38H45NO8/c1-6-7-13-30(40)45-29-19-27-36(3,15-14-28-37(27,4)21-43-35(46-28)23-11-8-10-22(2)17-23)33-32(41)31-26(47-38(29,33)5)18-25(44-34(31)42)24-12-9-16-39-20-24/h8-12,16-18,20,27-29,32-33,35,41H,6-7,13-15,19,21H2,1-5H3/t27-,28+,29+,32+,33-,35-,36+,37+,38-/m1/s1. The van der Waals surface area contributed by atoms with E-state index in [1.54, 1.807) is 30.6 Å². The van der Waals surface area contributed by atoms with E-state index >= 15 is 0 Å². The molecular weight excluding hydrogens is 598 g/mol. The highest BCUT2D eigenvalue weighted by molar-refractivity contribution is 5.69. The van der Waals surface area contributed by atoms with Gasteiger partial charge < -0.3 is 28.5 Å². The zero-order valence-corrected chi connectivity index (χ0v) is 27.9. The fraction of sp³-hybridized carbons (Fsp3) is 0.553. The van der Waals surface area contributed by atoms with E-state index in [1.807, 2.05) is 26.0 Å². The molecule has 0 amide bonds. The molecule has 2 aliphatic heterocycles. The van der Waals surface area contributed by atoms with Crippen LogP contribution in [0.25, 0.3) is 11.3 Å². The van der Waals surface area contributed by atoms with Gasteiger partial charge in [0.1, 0.15) is 28.8 Å². The topological polar surface area (TPSA) is 117 Å². The molecule has 2 aliphatic carbocycles. The molecule has 1 N–H and O–H groups in total. The van der Waals surface area contributed by atoms with E-state index in [1.165, 1.54) is 0 Å². The van der Waals surface area contributed by atoms with Gasteiger partial charge in [-0.25, -0.2) is 4.79 Å². The SMILES string of the molecule is CCCCC(=O)O[C@H]1C[C@H]2[C@]3(C)CO[C@@H](c4cccc(C)c4)O[C@H]3CC[C@]2(C)[C@H]2[C@@H](O)c3c(cc(-c4cccnc4)oc3=O)O[C@]12C. The van der Waals surface area contributed by atoms with E-state index in [0.29, 0.717) is 30.8 Å². The van der Waals surface area contributed by atoms with Crippen LogP contribution in [-0.2, 0) is 19.0 Å². The Morgan fingerprint density at radius 2 is 1.96 bits per heavy atom.